The molecule has 1 aliphatic heterocycles. The number of rotatable bonds is 4. The van der Waals surface area contributed by atoms with E-state index in [1.54, 1.807) is 12.1 Å². The molecule has 0 amide bonds. The van der Waals surface area contributed by atoms with Gasteiger partial charge < -0.3 is 9.84 Å². The summed E-state index contributed by atoms with van der Waals surface area (Å²) in [7, 11) is 0. The van der Waals surface area contributed by atoms with Crippen molar-refractivity contribution in [2.75, 3.05) is 19.7 Å². The van der Waals surface area contributed by atoms with E-state index >= 15 is 0 Å². The van der Waals surface area contributed by atoms with Crippen molar-refractivity contribution in [3.8, 4) is 0 Å². The quantitative estimate of drug-likeness (QED) is 0.926. The summed E-state index contributed by atoms with van der Waals surface area (Å²) >= 11 is 0. The topological polar surface area (TPSA) is 49.8 Å². The molecular weight excluding hydrogens is 302 g/mol. The number of hydrogen-bond acceptors (Lipinski definition) is 3. The Labute approximate surface area is 142 Å². The van der Waals surface area contributed by atoms with Crippen molar-refractivity contribution in [2.24, 2.45) is 0 Å². The highest BCUT2D eigenvalue weighted by Gasteiger charge is 2.23. The molecular formula is C20H23NO3. The second-order valence-corrected chi connectivity index (χ2v) is 6.20. The Kier molecular flexibility index (Phi) is 5.28. The fourth-order valence-corrected chi connectivity index (χ4v) is 3.22. The normalized spacial score (nSPS) is 20.3. The molecule has 1 N–H and O–H groups in total. The molecule has 126 valence electrons. The van der Waals surface area contributed by atoms with E-state index in [1.165, 1.54) is 5.56 Å². The third kappa shape index (κ3) is 3.83. The largest absolute Gasteiger partial charge is 0.478 e. The zero-order valence-electron chi connectivity index (χ0n) is 13.9. The van der Waals surface area contributed by atoms with Crippen LogP contribution in [0.5, 0.6) is 0 Å². The predicted octanol–water partition coefficient (Wildman–Crippen LogP) is 3.91. The number of carbonyl (C=O) groups is 1. The first-order valence-electron chi connectivity index (χ1n) is 8.39. The smallest absolute Gasteiger partial charge is 0.335 e. The van der Waals surface area contributed by atoms with Crippen molar-refractivity contribution in [3.63, 3.8) is 0 Å². The summed E-state index contributed by atoms with van der Waals surface area (Å²) in [6.45, 7) is 4.78. The molecule has 2 aromatic rings. The molecule has 0 aromatic heterocycles. The minimum absolute atomic E-state index is 0.0285. The first-order chi connectivity index (χ1) is 11.6. The molecule has 2 unspecified atom stereocenters. The third-order valence-electron chi connectivity index (χ3n) is 4.74. The van der Waals surface area contributed by atoms with Crippen LogP contribution < -0.4 is 0 Å². The summed E-state index contributed by atoms with van der Waals surface area (Å²) in [4.78, 5) is 13.4. The SMILES string of the molecule is CC(c1ccccc1)N1CCOC(c2ccc(C(=O)O)cc2)CC1. The van der Waals surface area contributed by atoms with Gasteiger partial charge in [-0.3, -0.25) is 4.90 Å². The van der Waals surface area contributed by atoms with Crippen molar-refractivity contribution in [3.05, 3.63) is 71.3 Å². The van der Waals surface area contributed by atoms with E-state index in [-0.39, 0.29) is 6.10 Å². The number of carboxylic acids is 1. The molecule has 2 atom stereocenters. The molecule has 0 radical (unpaired) electrons. The summed E-state index contributed by atoms with van der Waals surface area (Å²) in [6, 6.07) is 17.9. The number of nitrogens with zero attached hydrogens (tertiary/aromatic N) is 1. The Morgan fingerprint density at radius 1 is 1.12 bits per heavy atom. The highest BCUT2D eigenvalue weighted by molar-refractivity contribution is 5.87. The van der Waals surface area contributed by atoms with E-state index in [2.05, 4.69) is 36.1 Å². The molecule has 2 aromatic carbocycles. The van der Waals surface area contributed by atoms with Gasteiger partial charge in [0.05, 0.1) is 18.3 Å². The molecule has 0 saturated carbocycles. The number of aromatic carboxylic acids is 1. The molecule has 4 nitrogen and oxygen atoms in total. The Morgan fingerprint density at radius 2 is 1.83 bits per heavy atom. The lowest BCUT2D eigenvalue weighted by atomic mass is 10.0. The fourth-order valence-electron chi connectivity index (χ4n) is 3.22. The van der Waals surface area contributed by atoms with Gasteiger partial charge in [0.1, 0.15) is 0 Å². The second kappa shape index (κ2) is 7.60. The number of hydrogen-bond donors (Lipinski definition) is 1. The summed E-state index contributed by atoms with van der Waals surface area (Å²) in [5.74, 6) is -0.897. The summed E-state index contributed by atoms with van der Waals surface area (Å²) in [6.07, 6.45) is 0.935. The third-order valence-corrected chi connectivity index (χ3v) is 4.74. The Hall–Kier alpha value is -2.17. The van der Waals surface area contributed by atoms with Crippen LogP contribution in [0.2, 0.25) is 0 Å². The number of carboxylic acid groups (broad SMARTS) is 1. The van der Waals surface area contributed by atoms with Gasteiger partial charge in [-0.15, -0.1) is 0 Å². The monoisotopic (exact) mass is 325 g/mol. The van der Waals surface area contributed by atoms with Crippen LogP contribution in [0, 0.1) is 0 Å². The van der Waals surface area contributed by atoms with Gasteiger partial charge in [-0.05, 0) is 36.6 Å². The van der Waals surface area contributed by atoms with Crippen LogP contribution in [0.4, 0.5) is 0 Å². The lowest BCUT2D eigenvalue weighted by Gasteiger charge is -2.27. The number of benzene rings is 2. The minimum Gasteiger partial charge on any atom is -0.478 e. The lowest BCUT2D eigenvalue weighted by molar-refractivity contribution is 0.0603. The molecule has 3 rings (SSSR count). The fraction of sp³-hybridized carbons (Fsp3) is 0.350. The van der Waals surface area contributed by atoms with Crippen LogP contribution in [0.25, 0.3) is 0 Å². The average molecular weight is 325 g/mol. The van der Waals surface area contributed by atoms with Crippen molar-refractivity contribution >= 4 is 5.97 Å². The standard InChI is InChI=1S/C20H23NO3/c1-15(16-5-3-2-4-6-16)21-12-11-19(24-14-13-21)17-7-9-18(10-8-17)20(22)23/h2-10,15,19H,11-14H2,1H3,(H,22,23). The van der Waals surface area contributed by atoms with E-state index in [1.807, 2.05) is 18.2 Å². The van der Waals surface area contributed by atoms with Gasteiger partial charge >= 0.3 is 5.97 Å². The molecule has 0 spiro atoms. The summed E-state index contributed by atoms with van der Waals surface area (Å²) in [5.41, 5.74) is 2.68. The summed E-state index contributed by atoms with van der Waals surface area (Å²) < 4.78 is 6.02. The van der Waals surface area contributed by atoms with Crippen molar-refractivity contribution in [1.29, 1.82) is 0 Å². The van der Waals surface area contributed by atoms with E-state index in [4.69, 9.17) is 9.84 Å². The molecule has 4 heteroatoms. The summed E-state index contributed by atoms with van der Waals surface area (Å²) in [5, 5.41) is 9.00. The molecule has 24 heavy (non-hydrogen) atoms. The Bertz CT molecular complexity index is 669. The highest BCUT2D eigenvalue weighted by Crippen LogP contribution is 2.28. The van der Waals surface area contributed by atoms with Crippen molar-refractivity contribution < 1.29 is 14.6 Å². The molecule has 1 saturated heterocycles. The number of ether oxygens (including phenoxy) is 1. The molecule has 1 fully saturated rings. The second-order valence-electron chi connectivity index (χ2n) is 6.20. The van der Waals surface area contributed by atoms with Crippen LogP contribution in [0.15, 0.2) is 54.6 Å². The van der Waals surface area contributed by atoms with Gasteiger partial charge in [-0.1, -0.05) is 42.5 Å². The molecule has 1 heterocycles. The zero-order chi connectivity index (χ0) is 16.9. The molecule has 1 aliphatic rings. The zero-order valence-corrected chi connectivity index (χ0v) is 13.9. The van der Waals surface area contributed by atoms with E-state index < -0.39 is 5.97 Å². The maximum Gasteiger partial charge on any atom is 0.335 e. The van der Waals surface area contributed by atoms with Crippen LogP contribution >= 0.6 is 0 Å². The van der Waals surface area contributed by atoms with Gasteiger partial charge in [-0.25, -0.2) is 4.79 Å². The van der Waals surface area contributed by atoms with E-state index in [0.29, 0.717) is 18.2 Å². The Balaban J connectivity index is 1.65. The molecule has 0 aliphatic carbocycles. The van der Waals surface area contributed by atoms with Crippen LogP contribution in [0.1, 0.15) is 47.0 Å². The van der Waals surface area contributed by atoms with Crippen LogP contribution in [0.3, 0.4) is 0 Å². The first-order valence-corrected chi connectivity index (χ1v) is 8.39. The van der Waals surface area contributed by atoms with E-state index in [9.17, 15) is 4.79 Å². The van der Waals surface area contributed by atoms with E-state index in [0.717, 1.165) is 25.1 Å². The first kappa shape index (κ1) is 16.7. The van der Waals surface area contributed by atoms with Crippen LogP contribution in [-0.2, 0) is 4.74 Å². The van der Waals surface area contributed by atoms with Gasteiger partial charge in [0.2, 0.25) is 0 Å². The van der Waals surface area contributed by atoms with Crippen molar-refractivity contribution in [1.82, 2.24) is 4.90 Å². The van der Waals surface area contributed by atoms with Crippen molar-refractivity contribution in [2.45, 2.75) is 25.5 Å². The van der Waals surface area contributed by atoms with Gasteiger partial charge in [-0.2, -0.15) is 0 Å². The molecule has 0 bridgehead atoms. The predicted molar refractivity (Wildman–Crippen MR) is 93.1 cm³/mol. The van der Waals surface area contributed by atoms with Crippen LogP contribution in [-0.4, -0.2) is 35.7 Å². The van der Waals surface area contributed by atoms with Gasteiger partial charge in [0.25, 0.3) is 0 Å². The maximum atomic E-state index is 11.0. The lowest BCUT2D eigenvalue weighted by Crippen LogP contribution is -2.29. The highest BCUT2D eigenvalue weighted by atomic mass is 16.5. The van der Waals surface area contributed by atoms with Gasteiger partial charge in [0.15, 0.2) is 0 Å². The van der Waals surface area contributed by atoms with Gasteiger partial charge in [0, 0.05) is 19.1 Å². The average Bonchev–Trinajstić information content (AvgIpc) is 2.88. The maximum absolute atomic E-state index is 11.0. The Morgan fingerprint density at radius 3 is 2.50 bits per heavy atom. The minimum atomic E-state index is -0.897.